The van der Waals surface area contributed by atoms with Crippen molar-refractivity contribution in [3.05, 3.63) is 21.5 Å². The summed E-state index contributed by atoms with van der Waals surface area (Å²) in [6.07, 6.45) is 10.8. The molecule has 1 aliphatic heterocycles. The van der Waals surface area contributed by atoms with Gasteiger partial charge >= 0.3 is 0 Å². The Morgan fingerprint density at radius 2 is 1.68 bits per heavy atom. The number of rotatable bonds is 27. The van der Waals surface area contributed by atoms with E-state index in [-0.39, 0.29) is 48.4 Å². The minimum atomic E-state index is -0.828. The van der Waals surface area contributed by atoms with Gasteiger partial charge in [-0.3, -0.25) is 0 Å². The summed E-state index contributed by atoms with van der Waals surface area (Å²) < 4.78 is 18.9. The molecule has 1 aromatic heterocycles. The van der Waals surface area contributed by atoms with Gasteiger partial charge in [-0.2, -0.15) is 4.91 Å². The maximum absolute atomic E-state index is 12.3. The van der Waals surface area contributed by atoms with Crippen LogP contribution < -0.4 is 5.32 Å². The average molecular weight is 858 g/mol. The fourth-order valence-corrected chi connectivity index (χ4v) is 8.19. The van der Waals surface area contributed by atoms with Crippen LogP contribution in [-0.2, 0) is 25.4 Å². The van der Waals surface area contributed by atoms with Crippen molar-refractivity contribution >= 4 is 17.6 Å². The number of methoxy groups -OCH3 is 1. The molecule has 2 N–H and O–H groups in total. The molecule has 0 radical (unpaired) electrons. The van der Waals surface area contributed by atoms with E-state index in [1.54, 1.807) is 25.4 Å². The van der Waals surface area contributed by atoms with Crippen LogP contribution in [0.2, 0.25) is 0 Å². The molecule has 0 bridgehead atoms. The van der Waals surface area contributed by atoms with Gasteiger partial charge in [-0.15, -0.1) is 11.3 Å². The summed E-state index contributed by atoms with van der Waals surface area (Å²) in [7, 11) is 5.86. The molecule has 12 atom stereocenters. The van der Waals surface area contributed by atoms with E-state index in [1.165, 1.54) is 17.8 Å². The van der Waals surface area contributed by atoms with Crippen LogP contribution in [0.4, 0.5) is 0 Å². The summed E-state index contributed by atoms with van der Waals surface area (Å²) in [5.74, 6) is -0.536. The van der Waals surface area contributed by atoms with Crippen molar-refractivity contribution in [3.8, 4) is 0 Å². The normalized spacial score (nSPS) is 21.7. The van der Waals surface area contributed by atoms with Gasteiger partial charge in [-0.25, -0.2) is 4.98 Å². The first-order chi connectivity index (χ1) is 28.0. The first-order valence-electron chi connectivity index (χ1n) is 23.3. The highest BCUT2D eigenvalue weighted by Crippen LogP contribution is 2.34. The Bertz CT molecular complexity index is 1120. The molecule has 1 aromatic rings. The molecule has 0 amide bonds. The number of nitrogens with zero attached hydrogens (tertiary/aromatic N) is 4. The first-order valence-corrected chi connectivity index (χ1v) is 24.2. The van der Waals surface area contributed by atoms with Crippen LogP contribution in [0.1, 0.15) is 160 Å². The average Bonchev–Trinajstić information content (AvgIpc) is 3.78. The van der Waals surface area contributed by atoms with Crippen molar-refractivity contribution in [3.63, 3.8) is 0 Å². The van der Waals surface area contributed by atoms with Gasteiger partial charge < -0.3 is 39.2 Å². The smallest absolute Gasteiger partial charge is 0.159 e. The molecule has 0 aromatic carbocycles. The second kappa shape index (κ2) is 35.1. The molecular weight excluding hydrogens is 763 g/mol. The Kier molecular flexibility index (Phi) is 35.5. The maximum Gasteiger partial charge on any atom is 0.159 e. The standard InChI is InChI=1S/C36H72N4O6.C5H7NS.C4H10.C2H6/c1-13-16-32(44-12)36(9,38-43)22-27(5)40(19-15-18-37-17-14-2)23-25(3)29(7)35(30(8)34(42)26(4)24-41)46-33-21-31(39(10)11)20-28(6)45-33;1-2-5-6-3-4-7-5;1-3-4-2;1-2/h24-35,37,42H,13-23H2,1-12H3;3-4H,2H2,1H3;3-4H2,1-2H3;1-2H3/t25-,26?,27+,28?,29?,30?,31?,32?,33?,34?,35-,36-;;;/m0.../s1. The second-order valence-corrected chi connectivity index (χ2v) is 18.1. The van der Waals surface area contributed by atoms with E-state index in [4.69, 9.17) is 14.2 Å². The number of hydrogen-bond donors (Lipinski definition) is 2. The number of carbonyl (C=O) groups excluding carboxylic acids is 1. The van der Waals surface area contributed by atoms with E-state index < -0.39 is 17.6 Å². The Labute approximate surface area is 367 Å². The minimum Gasteiger partial charge on any atom is -0.392 e. The predicted octanol–water partition coefficient (Wildman–Crippen LogP) is 10.3. The number of carbonyl (C=O) groups is 1. The highest BCUT2D eigenvalue weighted by Gasteiger charge is 2.41. The summed E-state index contributed by atoms with van der Waals surface area (Å²) in [6, 6.07) is 0.442. The molecule has 1 fully saturated rings. The van der Waals surface area contributed by atoms with Gasteiger partial charge in [0.2, 0.25) is 0 Å². The molecule has 0 saturated carbocycles. The number of aliphatic hydroxyl groups is 1. The van der Waals surface area contributed by atoms with Gasteiger partial charge in [-0.05, 0) is 105 Å². The zero-order chi connectivity index (χ0) is 45.6. The van der Waals surface area contributed by atoms with Crippen LogP contribution in [0.25, 0.3) is 0 Å². The topological polar surface area (TPSA) is 126 Å². The number of unbranched alkanes of at least 4 members (excludes halogenated alkanes) is 1. The highest BCUT2D eigenvalue weighted by atomic mass is 32.1. The Morgan fingerprint density at radius 3 is 2.14 bits per heavy atom. The molecule has 0 aliphatic carbocycles. The van der Waals surface area contributed by atoms with Crippen LogP contribution in [0, 0.1) is 28.6 Å². The monoisotopic (exact) mass is 858 g/mol. The van der Waals surface area contributed by atoms with Gasteiger partial charge in [0, 0.05) is 55.6 Å². The third kappa shape index (κ3) is 23.6. The molecule has 2 rings (SSSR count). The van der Waals surface area contributed by atoms with Gasteiger partial charge in [0.25, 0.3) is 0 Å². The summed E-state index contributed by atoms with van der Waals surface area (Å²) in [5, 5.41) is 21.6. The Balaban J connectivity index is 0. The first kappa shape index (κ1) is 59.7. The molecule has 11 nitrogen and oxygen atoms in total. The fourth-order valence-electron chi connectivity index (χ4n) is 7.62. The van der Waals surface area contributed by atoms with E-state index >= 15 is 0 Å². The molecule has 12 heteroatoms. The third-order valence-corrected chi connectivity index (χ3v) is 12.7. The number of aldehydes is 1. The molecular formula is C47H95N5O6S. The minimum absolute atomic E-state index is 0.0532. The largest absolute Gasteiger partial charge is 0.392 e. The van der Waals surface area contributed by atoms with E-state index in [2.05, 4.69) is 102 Å². The van der Waals surface area contributed by atoms with Crippen LogP contribution in [0.15, 0.2) is 16.8 Å². The molecule has 59 heavy (non-hydrogen) atoms. The number of thiazole rings is 1. The molecule has 0 spiro atoms. The summed E-state index contributed by atoms with van der Waals surface area (Å²) in [4.78, 5) is 32.7. The molecule has 1 aliphatic rings. The van der Waals surface area contributed by atoms with Crippen molar-refractivity contribution in [1.82, 2.24) is 20.1 Å². The third-order valence-electron chi connectivity index (χ3n) is 11.8. The van der Waals surface area contributed by atoms with Gasteiger partial charge in [0.1, 0.15) is 11.8 Å². The quantitative estimate of drug-likeness (QED) is 0.0502. The maximum atomic E-state index is 12.3. The molecule has 8 unspecified atom stereocenters. The number of ether oxygens (including phenoxy) is 3. The summed E-state index contributed by atoms with van der Waals surface area (Å²) in [5.41, 5.74) is -0.828. The molecule has 350 valence electrons. The SMILES string of the molecule is CC.CCCC.CCCNCCCN(C[C@H](C)C(C)[C@H](OC1CC(N(C)C)CC(C)O1)C(C)C(O)C(C)C=O)[C@H](C)C[C@](C)(N=O)C(CCC)OC.CCc1nccs1. The van der Waals surface area contributed by atoms with Crippen LogP contribution in [0.5, 0.6) is 0 Å². The van der Waals surface area contributed by atoms with Crippen molar-refractivity contribution in [2.24, 2.45) is 28.8 Å². The predicted molar refractivity (Wildman–Crippen MR) is 251 cm³/mol. The highest BCUT2D eigenvalue weighted by molar-refractivity contribution is 7.09. The Hall–Kier alpha value is -1.38. The summed E-state index contributed by atoms with van der Waals surface area (Å²) in [6.45, 7) is 32.8. The second-order valence-electron chi connectivity index (χ2n) is 17.1. The molecule has 1 saturated heterocycles. The fraction of sp³-hybridized carbons (Fsp3) is 0.915. The van der Waals surface area contributed by atoms with Crippen LogP contribution in [0.3, 0.4) is 0 Å². The number of aliphatic hydroxyl groups excluding tert-OH is 1. The summed E-state index contributed by atoms with van der Waals surface area (Å²) >= 11 is 1.71. The van der Waals surface area contributed by atoms with Gasteiger partial charge in [-0.1, -0.05) is 101 Å². The van der Waals surface area contributed by atoms with E-state index in [0.29, 0.717) is 12.5 Å². The van der Waals surface area contributed by atoms with Gasteiger partial charge in [0.15, 0.2) is 6.29 Å². The lowest BCUT2D eigenvalue weighted by atomic mass is 9.79. The number of aromatic nitrogens is 1. The van der Waals surface area contributed by atoms with Crippen LogP contribution >= 0.6 is 11.3 Å². The lowest BCUT2D eigenvalue weighted by Crippen LogP contribution is -2.50. The van der Waals surface area contributed by atoms with Crippen molar-refractivity contribution in [2.75, 3.05) is 47.4 Å². The van der Waals surface area contributed by atoms with Crippen molar-refractivity contribution in [2.45, 2.75) is 209 Å². The zero-order valence-electron chi connectivity index (χ0n) is 41.2. The Morgan fingerprint density at radius 1 is 1.03 bits per heavy atom. The van der Waals surface area contributed by atoms with E-state index in [0.717, 1.165) is 77.4 Å². The number of nitrogens with one attached hydrogen (secondary N) is 1. The lowest BCUT2D eigenvalue weighted by Gasteiger charge is -2.43. The zero-order valence-corrected chi connectivity index (χ0v) is 42.0. The van der Waals surface area contributed by atoms with Gasteiger partial charge in [0.05, 0.1) is 29.4 Å². The van der Waals surface area contributed by atoms with Crippen LogP contribution in [-0.4, -0.2) is 122 Å². The number of aryl methyl sites for hydroxylation is 1. The van der Waals surface area contributed by atoms with E-state index in [9.17, 15) is 14.8 Å². The van der Waals surface area contributed by atoms with Crippen molar-refractivity contribution < 1.29 is 24.1 Å². The number of hydrogen-bond acceptors (Lipinski definition) is 12. The van der Waals surface area contributed by atoms with Crippen molar-refractivity contribution in [1.29, 1.82) is 0 Å². The number of nitroso groups, excluding NO2 is 1. The van der Waals surface area contributed by atoms with E-state index in [1.807, 2.05) is 39.3 Å². The lowest BCUT2D eigenvalue weighted by molar-refractivity contribution is -0.245. The molecule has 2 heterocycles.